The van der Waals surface area contributed by atoms with Crippen LogP contribution in [0.25, 0.3) is 0 Å². The molecule has 126 valence electrons. The van der Waals surface area contributed by atoms with E-state index in [-0.39, 0.29) is 11.8 Å². The van der Waals surface area contributed by atoms with Crippen molar-refractivity contribution in [2.24, 2.45) is 16.9 Å². The van der Waals surface area contributed by atoms with E-state index < -0.39 is 0 Å². The number of benzene rings is 1. The molecule has 1 aliphatic heterocycles. The number of carbonyl (C=O) groups excluding carboxylic acids is 1. The second-order valence-electron chi connectivity index (χ2n) is 6.40. The Balaban J connectivity index is 1.96. The van der Waals surface area contributed by atoms with Gasteiger partial charge in [0.25, 0.3) is 0 Å². The van der Waals surface area contributed by atoms with E-state index >= 15 is 0 Å². The van der Waals surface area contributed by atoms with Crippen LogP contribution in [-0.2, 0) is 4.79 Å². The van der Waals surface area contributed by atoms with Crippen LogP contribution in [0.2, 0.25) is 10.0 Å². The summed E-state index contributed by atoms with van der Waals surface area (Å²) in [6.45, 7) is 7.08. The normalized spacial score (nSPS) is 17.6. The Morgan fingerprint density at radius 2 is 2.13 bits per heavy atom. The van der Waals surface area contributed by atoms with Crippen molar-refractivity contribution < 1.29 is 4.79 Å². The molecule has 6 heteroatoms. The summed E-state index contributed by atoms with van der Waals surface area (Å²) in [6, 6.07) is 5.41. The van der Waals surface area contributed by atoms with E-state index in [4.69, 9.17) is 23.2 Å². The molecule has 1 heterocycles. The molecular formula is C17H23Cl2N3O. The highest BCUT2D eigenvalue weighted by Gasteiger charge is 2.25. The van der Waals surface area contributed by atoms with Gasteiger partial charge in [-0.3, -0.25) is 9.80 Å². The second-order valence-corrected chi connectivity index (χ2v) is 7.22. The monoisotopic (exact) mass is 355 g/mol. The predicted octanol–water partition coefficient (Wildman–Crippen LogP) is 4.71. The number of hydrogen-bond acceptors (Lipinski definition) is 3. The van der Waals surface area contributed by atoms with E-state index in [1.54, 1.807) is 12.1 Å². The summed E-state index contributed by atoms with van der Waals surface area (Å²) in [5.41, 5.74) is 0.871. The minimum absolute atomic E-state index is 0.0345. The summed E-state index contributed by atoms with van der Waals surface area (Å²) in [7, 11) is 0. The molecule has 1 aromatic rings. The zero-order valence-electron chi connectivity index (χ0n) is 13.8. The van der Waals surface area contributed by atoms with E-state index in [1.165, 1.54) is 0 Å². The molecule has 1 atom stereocenters. The minimum Gasteiger partial charge on any atom is -0.312 e. The van der Waals surface area contributed by atoms with Gasteiger partial charge in [0.2, 0.25) is 5.91 Å². The molecule has 0 saturated carbocycles. The average molecular weight is 356 g/mol. The van der Waals surface area contributed by atoms with Gasteiger partial charge in [-0.25, -0.2) is 0 Å². The van der Waals surface area contributed by atoms with Crippen molar-refractivity contribution in [1.29, 1.82) is 0 Å². The fourth-order valence-electron chi connectivity index (χ4n) is 2.45. The molecular weight excluding hydrogens is 333 g/mol. The molecule has 0 fully saturated rings. The summed E-state index contributed by atoms with van der Waals surface area (Å²) in [5.74, 6) is 1.53. The van der Waals surface area contributed by atoms with Crippen LogP contribution in [0, 0.1) is 11.8 Å². The van der Waals surface area contributed by atoms with Crippen LogP contribution in [0.4, 0.5) is 5.69 Å². The van der Waals surface area contributed by atoms with Gasteiger partial charge in [0.15, 0.2) is 0 Å². The number of rotatable bonds is 5. The van der Waals surface area contributed by atoms with Gasteiger partial charge in [-0.1, -0.05) is 50.4 Å². The lowest BCUT2D eigenvalue weighted by molar-refractivity contribution is -0.119. The van der Waals surface area contributed by atoms with Crippen molar-refractivity contribution in [2.75, 3.05) is 11.6 Å². The minimum atomic E-state index is 0.0345. The Morgan fingerprint density at radius 3 is 2.78 bits per heavy atom. The van der Waals surface area contributed by atoms with Crippen molar-refractivity contribution >= 4 is 40.6 Å². The van der Waals surface area contributed by atoms with Crippen molar-refractivity contribution in [2.45, 2.75) is 40.0 Å². The lowest BCUT2D eigenvalue weighted by Gasteiger charge is -2.14. The van der Waals surface area contributed by atoms with E-state index in [2.05, 4.69) is 24.3 Å². The Labute approximate surface area is 147 Å². The highest BCUT2D eigenvalue weighted by molar-refractivity contribution is 6.42. The van der Waals surface area contributed by atoms with Gasteiger partial charge in [0.1, 0.15) is 5.84 Å². The van der Waals surface area contributed by atoms with Crippen LogP contribution in [0.5, 0.6) is 0 Å². The van der Waals surface area contributed by atoms with Crippen LogP contribution in [-0.4, -0.2) is 18.3 Å². The Hall–Kier alpha value is -1.26. The van der Waals surface area contributed by atoms with Gasteiger partial charge >= 0.3 is 0 Å². The zero-order chi connectivity index (χ0) is 17.0. The molecule has 1 aliphatic rings. The van der Waals surface area contributed by atoms with E-state index in [9.17, 15) is 4.79 Å². The number of nitrogens with zero attached hydrogens (tertiary/aromatic N) is 2. The maximum Gasteiger partial charge on any atom is 0.225 e. The molecule has 0 spiro atoms. The molecule has 0 aliphatic carbocycles. The number of amidine groups is 1. The van der Waals surface area contributed by atoms with Crippen molar-refractivity contribution in [3.63, 3.8) is 0 Å². The number of amides is 1. The number of carbonyl (C=O) groups is 1. The first kappa shape index (κ1) is 18.1. The van der Waals surface area contributed by atoms with Crippen molar-refractivity contribution in [3.8, 4) is 0 Å². The number of halogens is 2. The highest BCUT2D eigenvalue weighted by atomic mass is 35.5. The van der Waals surface area contributed by atoms with Crippen molar-refractivity contribution in [1.82, 2.24) is 5.32 Å². The topological polar surface area (TPSA) is 44.7 Å². The summed E-state index contributed by atoms with van der Waals surface area (Å²) in [5, 5.41) is 10.3. The summed E-state index contributed by atoms with van der Waals surface area (Å²) in [4.78, 5) is 12.0. The molecule has 0 aromatic heterocycles. The van der Waals surface area contributed by atoms with Crippen LogP contribution in [0.15, 0.2) is 23.3 Å². The number of hydrogen-bond donors (Lipinski definition) is 1. The second kappa shape index (κ2) is 8.02. The number of anilines is 1. The van der Waals surface area contributed by atoms with Crippen LogP contribution in [0.1, 0.15) is 40.0 Å². The first-order chi connectivity index (χ1) is 10.9. The van der Waals surface area contributed by atoms with Gasteiger partial charge < -0.3 is 5.32 Å². The summed E-state index contributed by atoms with van der Waals surface area (Å²) < 4.78 is 0. The van der Waals surface area contributed by atoms with E-state index in [0.717, 1.165) is 18.5 Å². The van der Waals surface area contributed by atoms with Gasteiger partial charge in [0, 0.05) is 12.3 Å². The quantitative estimate of drug-likeness (QED) is 0.831. The summed E-state index contributed by atoms with van der Waals surface area (Å²) >= 11 is 12.0. The third kappa shape index (κ3) is 5.11. The van der Waals surface area contributed by atoms with Gasteiger partial charge in [-0.15, -0.1) is 0 Å². The van der Waals surface area contributed by atoms with Crippen LogP contribution >= 0.6 is 23.2 Å². The Morgan fingerprint density at radius 1 is 1.39 bits per heavy atom. The molecule has 0 bridgehead atoms. The zero-order valence-corrected chi connectivity index (χ0v) is 15.3. The maximum atomic E-state index is 12.0. The molecule has 1 aromatic carbocycles. The molecule has 0 unspecified atom stereocenters. The van der Waals surface area contributed by atoms with Crippen molar-refractivity contribution in [3.05, 3.63) is 28.2 Å². The largest absolute Gasteiger partial charge is 0.312 e. The first-order valence-corrected chi connectivity index (χ1v) is 8.73. The molecule has 1 amide bonds. The number of nitrogens with one attached hydrogen (secondary N) is 1. The summed E-state index contributed by atoms with van der Waals surface area (Å²) in [6.07, 6.45) is 2.50. The molecule has 1 N–H and O–H groups in total. The van der Waals surface area contributed by atoms with Gasteiger partial charge in [-0.2, -0.15) is 5.10 Å². The Kier molecular flexibility index (Phi) is 6.31. The average Bonchev–Trinajstić information content (AvgIpc) is 2.82. The van der Waals surface area contributed by atoms with E-state index in [1.807, 2.05) is 18.0 Å². The highest BCUT2D eigenvalue weighted by Crippen LogP contribution is 2.29. The molecule has 0 radical (unpaired) electrons. The van der Waals surface area contributed by atoms with Gasteiger partial charge in [0.05, 0.1) is 22.3 Å². The maximum absolute atomic E-state index is 12.0. The number of hydrazone groups is 1. The molecule has 23 heavy (non-hydrogen) atoms. The van der Waals surface area contributed by atoms with Gasteiger partial charge in [-0.05, 0) is 30.5 Å². The SMILES string of the molecule is CC(C)CCCC(=O)NC1=NN(c2ccc(Cl)c(Cl)c2)C[C@@H]1C. The third-order valence-corrected chi connectivity index (χ3v) is 4.54. The van der Waals surface area contributed by atoms with Crippen LogP contribution in [0.3, 0.4) is 0 Å². The Bertz CT molecular complexity index is 602. The third-order valence-electron chi connectivity index (χ3n) is 3.80. The predicted molar refractivity (Wildman–Crippen MR) is 97.2 cm³/mol. The standard InChI is InChI=1S/C17H23Cl2N3O/c1-11(2)5-4-6-16(23)20-17-12(3)10-22(21-17)13-7-8-14(18)15(19)9-13/h7-9,11-12H,4-6,10H2,1-3H3,(H,20,21,23)/t12-/m0/s1. The fraction of sp³-hybridized carbons (Fsp3) is 0.529. The smallest absolute Gasteiger partial charge is 0.225 e. The lowest BCUT2D eigenvalue weighted by atomic mass is 10.1. The van der Waals surface area contributed by atoms with E-state index in [0.29, 0.717) is 34.8 Å². The fourth-order valence-corrected chi connectivity index (χ4v) is 2.74. The molecule has 0 saturated heterocycles. The van der Waals surface area contributed by atoms with Crippen LogP contribution < -0.4 is 10.3 Å². The molecule has 2 rings (SSSR count). The molecule has 4 nitrogen and oxygen atoms in total. The first-order valence-electron chi connectivity index (χ1n) is 7.97. The lowest BCUT2D eigenvalue weighted by Crippen LogP contribution is -2.33.